The smallest absolute Gasteiger partial charge is 0.249 e. The summed E-state index contributed by atoms with van der Waals surface area (Å²) in [7, 11) is 1.59. The number of primary amides is 1. The topological polar surface area (TPSA) is 57.2 Å². The minimum absolute atomic E-state index is 0.0166. The number of carbonyl (C=O) groups excluding carboxylic acids is 1. The summed E-state index contributed by atoms with van der Waals surface area (Å²) in [5.41, 5.74) is 9.06. The summed E-state index contributed by atoms with van der Waals surface area (Å²) in [5.74, 6) is -3.88. The normalized spacial score (nSPS) is 11.3. The SMILES string of the molecule is COc1ccc(-c2ccc3c4c(C(N)=O)cccc4n(Cc4ccc(F)c(F)c4F)c3c2)cc1. The predicted octanol–water partition coefficient (Wildman–Crippen LogP) is 6.03. The fourth-order valence-electron chi connectivity index (χ4n) is 4.34. The van der Waals surface area contributed by atoms with Crippen LogP contribution in [0.5, 0.6) is 5.75 Å². The van der Waals surface area contributed by atoms with Crippen molar-refractivity contribution in [3.8, 4) is 16.9 Å². The average molecular weight is 460 g/mol. The van der Waals surface area contributed by atoms with Crippen molar-refractivity contribution in [2.45, 2.75) is 6.54 Å². The number of fused-ring (bicyclic) bond motifs is 3. The van der Waals surface area contributed by atoms with Gasteiger partial charge in [-0.05, 0) is 47.5 Å². The Kier molecular flexibility index (Phi) is 5.24. The molecular formula is C27H19F3N2O2. The van der Waals surface area contributed by atoms with E-state index >= 15 is 0 Å². The van der Waals surface area contributed by atoms with Gasteiger partial charge in [0, 0.05) is 21.9 Å². The first kappa shape index (κ1) is 21.6. The Morgan fingerprint density at radius 1 is 0.882 bits per heavy atom. The molecule has 0 aliphatic carbocycles. The summed E-state index contributed by atoms with van der Waals surface area (Å²) < 4.78 is 49.0. The molecule has 2 N–H and O–H groups in total. The third-order valence-corrected chi connectivity index (χ3v) is 6.02. The second kappa shape index (κ2) is 8.26. The number of hydrogen-bond acceptors (Lipinski definition) is 2. The molecule has 0 saturated heterocycles. The van der Waals surface area contributed by atoms with Crippen LogP contribution in [0.25, 0.3) is 32.9 Å². The summed E-state index contributed by atoms with van der Waals surface area (Å²) in [6, 6.07) is 20.4. The maximum absolute atomic E-state index is 14.6. The van der Waals surface area contributed by atoms with E-state index in [1.807, 2.05) is 42.5 Å². The Hall–Kier alpha value is -4.26. The third kappa shape index (κ3) is 3.46. The van der Waals surface area contributed by atoms with Crippen LogP contribution in [0, 0.1) is 17.5 Å². The molecule has 0 aliphatic heterocycles. The number of amides is 1. The van der Waals surface area contributed by atoms with Gasteiger partial charge in [-0.1, -0.05) is 36.4 Å². The van der Waals surface area contributed by atoms with E-state index in [9.17, 15) is 18.0 Å². The van der Waals surface area contributed by atoms with Gasteiger partial charge in [-0.2, -0.15) is 0 Å². The van der Waals surface area contributed by atoms with Crippen LogP contribution in [0.1, 0.15) is 15.9 Å². The molecule has 4 aromatic carbocycles. The number of ether oxygens (including phenoxy) is 1. The molecule has 1 heterocycles. The third-order valence-electron chi connectivity index (χ3n) is 6.02. The molecule has 0 fully saturated rings. The van der Waals surface area contributed by atoms with Gasteiger partial charge in [0.2, 0.25) is 5.91 Å². The Morgan fingerprint density at radius 2 is 1.62 bits per heavy atom. The molecule has 0 aliphatic rings. The van der Waals surface area contributed by atoms with Crippen LogP contribution >= 0.6 is 0 Å². The highest BCUT2D eigenvalue weighted by Crippen LogP contribution is 2.35. The van der Waals surface area contributed by atoms with Crippen molar-refractivity contribution in [3.05, 3.63) is 101 Å². The van der Waals surface area contributed by atoms with E-state index in [-0.39, 0.29) is 12.1 Å². The van der Waals surface area contributed by atoms with Gasteiger partial charge in [-0.3, -0.25) is 4.79 Å². The highest BCUT2D eigenvalue weighted by molar-refractivity contribution is 6.18. The number of rotatable bonds is 5. The first-order valence-electron chi connectivity index (χ1n) is 10.5. The van der Waals surface area contributed by atoms with Crippen molar-refractivity contribution < 1.29 is 22.7 Å². The lowest BCUT2D eigenvalue weighted by atomic mass is 10.0. The number of halogens is 3. The molecule has 1 amide bonds. The van der Waals surface area contributed by atoms with Gasteiger partial charge in [0.05, 0.1) is 24.7 Å². The molecule has 0 radical (unpaired) electrons. The highest BCUT2D eigenvalue weighted by atomic mass is 19.2. The minimum Gasteiger partial charge on any atom is -0.497 e. The predicted molar refractivity (Wildman–Crippen MR) is 125 cm³/mol. The summed E-state index contributed by atoms with van der Waals surface area (Å²) in [6.07, 6.45) is 0. The molecule has 5 aromatic rings. The zero-order chi connectivity index (χ0) is 24.0. The molecule has 0 unspecified atom stereocenters. The quantitative estimate of drug-likeness (QED) is 0.326. The number of hydrogen-bond donors (Lipinski definition) is 1. The van der Waals surface area contributed by atoms with Crippen LogP contribution in [0.15, 0.2) is 72.8 Å². The molecule has 0 atom stereocenters. The Labute approximate surface area is 193 Å². The number of nitrogens with zero attached hydrogens (tertiary/aromatic N) is 1. The fraction of sp³-hybridized carbons (Fsp3) is 0.0741. The maximum atomic E-state index is 14.6. The minimum atomic E-state index is -1.52. The number of nitrogens with two attached hydrogens (primary N) is 1. The number of carbonyl (C=O) groups is 1. The molecule has 1 aromatic heterocycles. The van der Waals surface area contributed by atoms with Gasteiger partial charge in [-0.25, -0.2) is 13.2 Å². The van der Waals surface area contributed by atoms with Crippen molar-refractivity contribution in [2.75, 3.05) is 7.11 Å². The second-order valence-corrected chi connectivity index (χ2v) is 7.94. The first-order chi connectivity index (χ1) is 16.4. The average Bonchev–Trinajstić information content (AvgIpc) is 3.17. The van der Waals surface area contributed by atoms with Crippen LogP contribution in [-0.2, 0) is 6.54 Å². The zero-order valence-corrected chi connectivity index (χ0v) is 18.1. The fourth-order valence-corrected chi connectivity index (χ4v) is 4.34. The van der Waals surface area contributed by atoms with Gasteiger partial charge in [-0.15, -0.1) is 0 Å². The maximum Gasteiger partial charge on any atom is 0.249 e. The molecule has 0 saturated carbocycles. The van der Waals surface area contributed by atoms with Gasteiger partial charge in [0.15, 0.2) is 17.5 Å². The monoisotopic (exact) mass is 460 g/mol. The van der Waals surface area contributed by atoms with E-state index in [1.165, 1.54) is 6.07 Å². The lowest BCUT2D eigenvalue weighted by molar-refractivity contribution is 0.100. The van der Waals surface area contributed by atoms with Crippen LogP contribution < -0.4 is 10.5 Å². The lowest BCUT2D eigenvalue weighted by Crippen LogP contribution is -2.11. The van der Waals surface area contributed by atoms with Crippen molar-refractivity contribution >= 4 is 27.7 Å². The van der Waals surface area contributed by atoms with Crippen LogP contribution in [0.3, 0.4) is 0 Å². The highest BCUT2D eigenvalue weighted by Gasteiger charge is 2.20. The van der Waals surface area contributed by atoms with Gasteiger partial charge < -0.3 is 15.0 Å². The van der Waals surface area contributed by atoms with Crippen molar-refractivity contribution in [1.82, 2.24) is 4.57 Å². The molecule has 7 heteroatoms. The number of aromatic nitrogens is 1. The lowest BCUT2D eigenvalue weighted by Gasteiger charge is -2.11. The van der Waals surface area contributed by atoms with Crippen molar-refractivity contribution in [1.29, 1.82) is 0 Å². The van der Waals surface area contributed by atoms with E-state index in [2.05, 4.69) is 0 Å². The standard InChI is InChI=1S/C27H19F3N2O2/c1-34-18-9-5-15(6-10-18)16-7-11-19-23(13-16)32(14-17-8-12-21(28)26(30)25(17)29)22-4-2-3-20(24(19)22)27(31)33/h2-13H,14H2,1H3,(H2,31,33). The Bertz CT molecular complexity index is 1570. The zero-order valence-electron chi connectivity index (χ0n) is 18.1. The van der Waals surface area contributed by atoms with E-state index in [0.29, 0.717) is 22.0 Å². The Balaban J connectivity index is 1.77. The molecule has 170 valence electrons. The Morgan fingerprint density at radius 3 is 2.32 bits per heavy atom. The summed E-state index contributed by atoms with van der Waals surface area (Å²) in [6.45, 7) is -0.0721. The molecular weight excluding hydrogens is 441 g/mol. The summed E-state index contributed by atoms with van der Waals surface area (Å²) in [5, 5.41) is 1.36. The van der Waals surface area contributed by atoms with E-state index in [1.54, 1.807) is 29.9 Å². The summed E-state index contributed by atoms with van der Waals surface area (Å²) >= 11 is 0. The van der Waals surface area contributed by atoms with Gasteiger partial charge >= 0.3 is 0 Å². The van der Waals surface area contributed by atoms with Crippen LogP contribution in [0.2, 0.25) is 0 Å². The molecule has 5 rings (SSSR count). The summed E-state index contributed by atoms with van der Waals surface area (Å²) in [4.78, 5) is 12.2. The molecule has 0 spiro atoms. The van der Waals surface area contributed by atoms with Gasteiger partial charge in [0.1, 0.15) is 5.75 Å². The van der Waals surface area contributed by atoms with Crippen molar-refractivity contribution in [2.24, 2.45) is 5.73 Å². The number of methoxy groups -OCH3 is 1. The largest absolute Gasteiger partial charge is 0.497 e. The van der Waals surface area contributed by atoms with Gasteiger partial charge in [0.25, 0.3) is 0 Å². The van der Waals surface area contributed by atoms with Crippen LogP contribution in [0.4, 0.5) is 13.2 Å². The first-order valence-corrected chi connectivity index (χ1v) is 10.5. The number of benzene rings is 4. The van der Waals surface area contributed by atoms with E-state index in [0.717, 1.165) is 28.3 Å². The molecule has 34 heavy (non-hydrogen) atoms. The van der Waals surface area contributed by atoms with E-state index in [4.69, 9.17) is 10.5 Å². The van der Waals surface area contributed by atoms with Crippen LogP contribution in [-0.4, -0.2) is 17.6 Å². The molecule has 4 nitrogen and oxygen atoms in total. The second-order valence-electron chi connectivity index (χ2n) is 7.94. The van der Waals surface area contributed by atoms with E-state index < -0.39 is 23.4 Å². The van der Waals surface area contributed by atoms with Crippen molar-refractivity contribution in [3.63, 3.8) is 0 Å². The molecule has 0 bridgehead atoms.